The summed E-state index contributed by atoms with van der Waals surface area (Å²) in [6, 6.07) is 0. The third kappa shape index (κ3) is 3.93. The summed E-state index contributed by atoms with van der Waals surface area (Å²) < 4.78 is 12.0. The minimum absolute atomic E-state index is 0.0000314. The maximum atomic E-state index is 12.0. The molecule has 0 aromatic carbocycles. The Labute approximate surface area is 98.8 Å². The Balaban J connectivity index is 2.56. The van der Waals surface area contributed by atoms with E-state index in [0.29, 0.717) is 13.1 Å². The van der Waals surface area contributed by atoms with Crippen LogP contribution in [0.3, 0.4) is 0 Å². The number of amides is 1. The highest BCUT2D eigenvalue weighted by Gasteiger charge is 2.35. The summed E-state index contributed by atoms with van der Waals surface area (Å²) in [7, 11) is -3.07. The van der Waals surface area contributed by atoms with Crippen molar-refractivity contribution >= 4 is 36.7 Å². The summed E-state index contributed by atoms with van der Waals surface area (Å²) in [5.41, 5.74) is -0.0000314. The van der Waals surface area contributed by atoms with Crippen LogP contribution in [0.2, 0.25) is 0 Å². The van der Waals surface area contributed by atoms with Crippen LogP contribution in [0.5, 0.6) is 0 Å². The van der Waals surface area contributed by atoms with Crippen LogP contribution in [0.4, 0.5) is 0 Å². The first-order valence-corrected chi connectivity index (χ1v) is 7.03. The molecule has 1 heterocycles. The second-order valence-corrected chi connectivity index (χ2v) is 7.39. The zero-order chi connectivity index (χ0) is 11.7. The number of hydrogen-bond acceptors (Lipinski definition) is 2. The number of halogens is 2. The lowest BCUT2D eigenvalue weighted by Crippen LogP contribution is -2.49. The van der Waals surface area contributed by atoms with Crippen LogP contribution < -0.4 is 15.3 Å². The van der Waals surface area contributed by atoms with E-state index in [9.17, 15) is 9.36 Å². The molecular weight excluding hydrogens is 260 g/mol. The van der Waals surface area contributed by atoms with Crippen molar-refractivity contribution in [2.24, 2.45) is 5.41 Å². The molecular formula is C7H14Cl2N3O2P. The van der Waals surface area contributed by atoms with E-state index in [1.165, 1.54) is 0 Å². The van der Waals surface area contributed by atoms with Crippen molar-refractivity contribution in [1.82, 2.24) is 15.3 Å². The van der Waals surface area contributed by atoms with Gasteiger partial charge < -0.3 is 0 Å². The van der Waals surface area contributed by atoms with Crippen molar-refractivity contribution in [2.45, 2.75) is 18.7 Å². The normalized spacial score (nSPS) is 23.8. The zero-order valence-electron chi connectivity index (χ0n) is 8.51. The Kier molecular flexibility index (Phi) is 4.07. The largest absolute Gasteiger partial charge is 0.305 e. The standard InChI is InChI=1S/C7H14Cl2N3O2P/c1-7(2)3-10-15(14,11-4-7)12-6(13)5(8)9/h5H,3-4H2,1-2H3,(H3,10,11,12,13,14). The zero-order valence-corrected chi connectivity index (χ0v) is 10.9. The highest BCUT2D eigenvalue weighted by Crippen LogP contribution is 2.37. The summed E-state index contributed by atoms with van der Waals surface area (Å²) in [5.74, 6) is -0.665. The van der Waals surface area contributed by atoms with Crippen molar-refractivity contribution in [1.29, 1.82) is 0 Å². The first kappa shape index (κ1) is 13.3. The second kappa shape index (κ2) is 4.60. The lowest BCUT2D eigenvalue weighted by atomic mass is 9.94. The number of rotatable bonds is 2. The highest BCUT2D eigenvalue weighted by atomic mass is 35.5. The van der Waals surface area contributed by atoms with Gasteiger partial charge in [0.2, 0.25) is 0 Å². The highest BCUT2D eigenvalue weighted by molar-refractivity contribution is 7.58. The number of hydrogen-bond donors (Lipinski definition) is 3. The molecule has 0 atom stereocenters. The molecule has 88 valence electrons. The topological polar surface area (TPSA) is 70.2 Å². The Hall–Kier alpha value is 0.200. The Morgan fingerprint density at radius 1 is 1.40 bits per heavy atom. The third-order valence-electron chi connectivity index (χ3n) is 2.03. The molecule has 0 bridgehead atoms. The molecule has 1 rings (SSSR count). The van der Waals surface area contributed by atoms with Crippen LogP contribution in [0.1, 0.15) is 13.8 Å². The first-order valence-electron chi connectivity index (χ1n) is 4.45. The van der Waals surface area contributed by atoms with Gasteiger partial charge in [0.05, 0.1) is 0 Å². The molecule has 1 amide bonds. The Morgan fingerprint density at radius 2 is 1.87 bits per heavy atom. The molecule has 0 aromatic rings. The summed E-state index contributed by atoms with van der Waals surface area (Å²) in [6.45, 7) is 5.13. The van der Waals surface area contributed by atoms with Gasteiger partial charge in [-0.05, 0) is 5.41 Å². The van der Waals surface area contributed by atoms with E-state index >= 15 is 0 Å². The van der Waals surface area contributed by atoms with Gasteiger partial charge in [-0.1, -0.05) is 37.0 Å². The maximum absolute atomic E-state index is 12.0. The number of alkyl halides is 2. The first-order chi connectivity index (χ1) is 6.74. The third-order valence-corrected chi connectivity index (χ3v) is 4.16. The molecule has 1 saturated heterocycles. The van der Waals surface area contributed by atoms with E-state index in [4.69, 9.17) is 23.2 Å². The van der Waals surface area contributed by atoms with Crippen molar-refractivity contribution in [3.63, 3.8) is 0 Å². The smallest absolute Gasteiger partial charge is 0.281 e. The number of carbonyl (C=O) groups excluding carboxylic acids is 1. The summed E-state index contributed by atoms with van der Waals surface area (Å²) in [6.07, 6.45) is 0. The minimum atomic E-state index is -3.07. The van der Waals surface area contributed by atoms with E-state index in [2.05, 4.69) is 15.3 Å². The molecule has 8 heteroatoms. The predicted molar refractivity (Wildman–Crippen MR) is 61.0 cm³/mol. The molecule has 1 aliphatic rings. The average molecular weight is 274 g/mol. The van der Waals surface area contributed by atoms with Crippen LogP contribution in [0.15, 0.2) is 0 Å². The summed E-state index contributed by atoms with van der Waals surface area (Å²) >= 11 is 10.7. The van der Waals surface area contributed by atoms with E-state index in [-0.39, 0.29) is 5.41 Å². The van der Waals surface area contributed by atoms with Gasteiger partial charge in [-0.25, -0.2) is 10.2 Å². The fourth-order valence-electron chi connectivity index (χ4n) is 1.05. The van der Waals surface area contributed by atoms with Gasteiger partial charge in [0, 0.05) is 13.1 Å². The molecule has 0 aliphatic carbocycles. The molecule has 0 aromatic heterocycles. The van der Waals surface area contributed by atoms with Gasteiger partial charge in [-0.3, -0.25) is 14.4 Å². The van der Waals surface area contributed by atoms with Crippen LogP contribution in [-0.2, 0) is 9.36 Å². The van der Waals surface area contributed by atoms with Gasteiger partial charge >= 0.3 is 7.59 Å². The quantitative estimate of drug-likeness (QED) is 0.523. The summed E-state index contributed by atoms with van der Waals surface area (Å²) in [5, 5.41) is 7.80. The molecule has 1 aliphatic heterocycles. The molecule has 3 N–H and O–H groups in total. The molecule has 5 nitrogen and oxygen atoms in total. The Bertz CT molecular complexity index is 295. The molecule has 0 unspecified atom stereocenters. The van der Waals surface area contributed by atoms with Gasteiger partial charge in [0.1, 0.15) is 0 Å². The van der Waals surface area contributed by atoms with Crippen LogP contribution in [0.25, 0.3) is 0 Å². The van der Waals surface area contributed by atoms with E-state index in [0.717, 1.165) is 0 Å². The second-order valence-electron chi connectivity index (χ2n) is 4.22. The average Bonchev–Trinajstić information content (AvgIpc) is 2.11. The minimum Gasteiger partial charge on any atom is -0.281 e. The van der Waals surface area contributed by atoms with Crippen LogP contribution in [0, 0.1) is 5.41 Å². The van der Waals surface area contributed by atoms with Gasteiger partial charge in [0.25, 0.3) is 5.91 Å². The van der Waals surface area contributed by atoms with Crippen molar-refractivity contribution in [2.75, 3.05) is 13.1 Å². The van der Waals surface area contributed by atoms with Gasteiger partial charge in [0.15, 0.2) is 4.84 Å². The molecule has 0 saturated carbocycles. The number of carbonyl (C=O) groups is 1. The van der Waals surface area contributed by atoms with Crippen molar-refractivity contribution < 1.29 is 9.36 Å². The van der Waals surface area contributed by atoms with E-state index < -0.39 is 18.3 Å². The maximum Gasteiger partial charge on any atom is 0.305 e. The lowest BCUT2D eigenvalue weighted by Gasteiger charge is -2.36. The van der Waals surface area contributed by atoms with E-state index in [1.54, 1.807) is 0 Å². The SMILES string of the molecule is CC1(C)CNP(=O)(NC(=O)C(Cl)Cl)NC1. The van der Waals surface area contributed by atoms with Gasteiger partial charge in [-0.15, -0.1) is 0 Å². The molecule has 1 fully saturated rings. The fraction of sp³-hybridized carbons (Fsp3) is 0.857. The van der Waals surface area contributed by atoms with E-state index in [1.807, 2.05) is 13.8 Å². The predicted octanol–water partition coefficient (Wildman–Crippen LogP) is 1.23. The lowest BCUT2D eigenvalue weighted by molar-refractivity contribution is -0.117. The molecule has 15 heavy (non-hydrogen) atoms. The monoisotopic (exact) mass is 273 g/mol. The van der Waals surface area contributed by atoms with Gasteiger partial charge in [-0.2, -0.15) is 0 Å². The Morgan fingerprint density at radius 3 is 2.27 bits per heavy atom. The fourth-order valence-corrected chi connectivity index (χ4v) is 3.32. The van der Waals surface area contributed by atoms with Crippen LogP contribution >= 0.6 is 30.8 Å². The number of nitrogens with one attached hydrogen (secondary N) is 3. The summed E-state index contributed by atoms with van der Waals surface area (Å²) in [4.78, 5) is 9.94. The van der Waals surface area contributed by atoms with Crippen molar-refractivity contribution in [3.8, 4) is 0 Å². The molecule has 0 radical (unpaired) electrons. The van der Waals surface area contributed by atoms with Crippen LogP contribution in [-0.4, -0.2) is 23.8 Å². The molecule has 0 spiro atoms. The van der Waals surface area contributed by atoms with Crippen molar-refractivity contribution in [3.05, 3.63) is 0 Å².